The average Bonchev–Trinajstić information content (AvgIpc) is 3.04. The number of rotatable bonds is 6. The summed E-state index contributed by atoms with van der Waals surface area (Å²) in [6, 6.07) is 5.97. The number of hydrogen-bond acceptors (Lipinski definition) is 6. The molecule has 0 aliphatic carbocycles. The summed E-state index contributed by atoms with van der Waals surface area (Å²) in [5.41, 5.74) is 3.16. The minimum atomic E-state index is -0.391. The lowest BCUT2D eigenvalue weighted by molar-refractivity contribution is -0.118. The number of piperidine rings is 1. The van der Waals surface area contributed by atoms with Gasteiger partial charge < -0.3 is 19.8 Å². The van der Waals surface area contributed by atoms with E-state index in [-0.39, 0.29) is 16.7 Å². The summed E-state index contributed by atoms with van der Waals surface area (Å²) >= 11 is 1.03. The summed E-state index contributed by atoms with van der Waals surface area (Å²) in [4.78, 5) is 31.0. The van der Waals surface area contributed by atoms with Gasteiger partial charge in [-0.1, -0.05) is 23.5 Å². The van der Waals surface area contributed by atoms with Crippen LogP contribution in [0.15, 0.2) is 23.0 Å². The fraction of sp³-hybridized carbons (Fsp3) is 0.524. The first kappa shape index (κ1) is 21.1. The standard InChI is InChI=1S/C21H28BN3O4S/c1-22(29)24-10-7-14(8-11-24)9-12-25-17-4-2-3-15(16(17)5-6-19(25)26)13-18-20(27)23-21(28)30-18/h2-4,14,27,29H,5-13H2,1H3,(H,23,28). The van der Waals surface area contributed by atoms with Crippen molar-refractivity contribution in [1.82, 2.24) is 9.79 Å². The summed E-state index contributed by atoms with van der Waals surface area (Å²) in [6.07, 6.45) is 4.71. The number of fused-ring (bicyclic) bond motifs is 1. The van der Waals surface area contributed by atoms with E-state index in [1.807, 2.05) is 29.9 Å². The maximum atomic E-state index is 12.7. The van der Waals surface area contributed by atoms with Gasteiger partial charge in [-0.15, -0.1) is 0 Å². The van der Waals surface area contributed by atoms with Gasteiger partial charge in [0.15, 0.2) is 0 Å². The predicted molar refractivity (Wildman–Crippen MR) is 119 cm³/mol. The largest absolute Gasteiger partial charge is 0.494 e. The number of carbonyl (C=O) groups excluding carboxylic acids is 1. The van der Waals surface area contributed by atoms with E-state index in [1.165, 1.54) is 0 Å². The normalized spacial score (nSPS) is 17.9. The van der Waals surface area contributed by atoms with E-state index in [2.05, 4.69) is 9.79 Å². The fourth-order valence-corrected chi connectivity index (χ4v) is 5.39. The second-order valence-electron chi connectivity index (χ2n) is 8.32. The Kier molecular flexibility index (Phi) is 6.31. The zero-order valence-corrected chi connectivity index (χ0v) is 18.1. The molecule has 2 aliphatic rings. The average molecular weight is 429 g/mol. The van der Waals surface area contributed by atoms with Crippen LogP contribution in [-0.2, 0) is 17.6 Å². The van der Waals surface area contributed by atoms with Crippen LogP contribution in [0.2, 0.25) is 6.82 Å². The van der Waals surface area contributed by atoms with Crippen molar-refractivity contribution in [2.45, 2.75) is 45.3 Å². The highest BCUT2D eigenvalue weighted by Gasteiger charge is 2.28. The number of amides is 1. The van der Waals surface area contributed by atoms with Crippen LogP contribution in [0.1, 0.15) is 41.7 Å². The smallest absolute Gasteiger partial charge is 0.376 e. The Balaban J connectivity index is 1.47. The number of aromatic hydroxyl groups is 1. The van der Waals surface area contributed by atoms with Gasteiger partial charge in [0.1, 0.15) is 0 Å². The summed E-state index contributed by atoms with van der Waals surface area (Å²) in [5.74, 6) is 0.667. The second kappa shape index (κ2) is 8.95. The first-order valence-corrected chi connectivity index (χ1v) is 11.5. The third kappa shape index (κ3) is 4.48. The van der Waals surface area contributed by atoms with Crippen molar-refractivity contribution in [3.8, 4) is 5.88 Å². The Morgan fingerprint density at radius 2 is 2.00 bits per heavy atom. The quantitative estimate of drug-likeness (QED) is 0.612. The summed E-state index contributed by atoms with van der Waals surface area (Å²) in [5, 5.41) is 19.7. The van der Waals surface area contributed by atoms with E-state index >= 15 is 0 Å². The van der Waals surface area contributed by atoms with Gasteiger partial charge in [0.2, 0.25) is 11.8 Å². The van der Waals surface area contributed by atoms with Crippen LogP contribution in [-0.4, -0.2) is 52.5 Å². The minimum Gasteiger partial charge on any atom is -0.494 e. The highest BCUT2D eigenvalue weighted by atomic mass is 32.1. The molecule has 3 heterocycles. The van der Waals surface area contributed by atoms with Gasteiger partial charge in [0.05, 0.1) is 4.88 Å². The third-order valence-corrected chi connectivity index (χ3v) is 7.29. The van der Waals surface area contributed by atoms with E-state index in [0.717, 1.165) is 60.5 Å². The molecule has 0 atom stereocenters. The third-order valence-electron chi connectivity index (χ3n) is 6.42. The van der Waals surface area contributed by atoms with Crippen molar-refractivity contribution in [1.29, 1.82) is 0 Å². The summed E-state index contributed by atoms with van der Waals surface area (Å²) < 4.78 is 0. The molecule has 0 saturated carbocycles. The van der Waals surface area contributed by atoms with Crippen LogP contribution in [0.25, 0.3) is 0 Å². The number of H-pyrrole nitrogens is 1. The van der Waals surface area contributed by atoms with Crippen molar-refractivity contribution < 1.29 is 14.9 Å². The number of benzene rings is 1. The maximum Gasteiger partial charge on any atom is 0.376 e. The van der Waals surface area contributed by atoms with E-state index in [0.29, 0.717) is 36.6 Å². The Labute approximate surface area is 180 Å². The van der Waals surface area contributed by atoms with Crippen molar-refractivity contribution >= 4 is 30.0 Å². The van der Waals surface area contributed by atoms with Crippen LogP contribution >= 0.6 is 11.3 Å². The maximum absolute atomic E-state index is 12.7. The molecule has 3 N–H and O–H groups in total. The Morgan fingerprint density at radius 1 is 1.23 bits per heavy atom. The first-order valence-electron chi connectivity index (χ1n) is 10.7. The topological polar surface area (TPSA) is 96.9 Å². The monoisotopic (exact) mass is 429 g/mol. The molecule has 1 fully saturated rings. The number of carbonyl (C=O) groups is 1. The van der Waals surface area contributed by atoms with Gasteiger partial charge in [-0.05, 0) is 68.7 Å². The van der Waals surface area contributed by atoms with Crippen molar-refractivity contribution in [2.75, 3.05) is 24.5 Å². The van der Waals surface area contributed by atoms with Gasteiger partial charge >= 0.3 is 11.9 Å². The number of hydrogen-bond donors (Lipinski definition) is 3. The molecule has 4 rings (SSSR count). The van der Waals surface area contributed by atoms with Crippen molar-refractivity contribution in [2.24, 2.45) is 5.92 Å². The Bertz CT molecular complexity index is 965. The van der Waals surface area contributed by atoms with Crippen LogP contribution in [0, 0.1) is 5.92 Å². The lowest BCUT2D eigenvalue weighted by atomic mass is 9.80. The number of aromatic nitrogens is 1. The molecule has 2 aliphatic heterocycles. The molecule has 0 spiro atoms. The molecule has 1 amide bonds. The Hall–Kier alpha value is -2.10. The highest BCUT2D eigenvalue weighted by Crippen LogP contribution is 2.34. The molecule has 0 radical (unpaired) electrons. The van der Waals surface area contributed by atoms with Crippen molar-refractivity contribution in [3.63, 3.8) is 0 Å². The number of nitrogens with one attached hydrogen (secondary N) is 1. The molecule has 1 aromatic carbocycles. The zero-order chi connectivity index (χ0) is 21.3. The van der Waals surface area contributed by atoms with Gasteiger partial charge in [0.25, 0.3) is 0 Å². The van der Waals surface area contributed by atoms with Crippen LogP contribution < -0.4 is 9.77 Å². The highest BCUT2D eigenvalue weighted by molar-refractivity contribution is 7.09. The van der Waals surface area contributed by atoms with Crippen molar-refractivity contribution in [3.05, 3.63) is 43.9 Å². The van der Waals surface area contributed by atoms with E-state index in [4.69, 9.17) is 0 Å². The fourth-order valence-electron chi connectivity index (χ4n) is 4.65. The molecule has 1 aromatic heterocycles. The van der Waals surface area contributed by atoms with E-state index in [1.54, 1.807) is 0 Å². The summed E-state index contributed by atoms with van der Waals surface area (Å²) in [6.45, 7) is 4.32. The van der Waals surface area contributed by atoms with Gasteiger partial charge in [0, 0.05) is 25.1 Å². The van der Waals surface area contributed by atoms with E-state index in [9.17, 15) is 19.7 Å². The SMILES string of the molecule is CB(O)N1CCC(CCN2C(=O)CCc3c(Cc4sc(=O)[nH]c4O)cccc32)CC1. The molecule has 7 nitrogen and oxygen atoms in total. The molecule has 9 heteroatoms. The van der Waals surface area contributed by atoms with Crippen LogP contribution in [0.5, 0.6) is 5.88 Å². The summed E-state index contributed by atoms with van der Waals surface area (Å²) in [7, 11) is -0.391. The first-order chi connectivity index (χ1) is 14.4. The molecule has 0 unspecified atom stereocenters. The molecule has 1 saturated heterocycles. The zero-order valence-electron chi connectivity index (χ0n) is 17.3. The number of thiazole rings is 1. The van der Waals surface area contributed by atoms with E-state index < -0.39 is 7.05 Å². The lowest BCUT2D eigenvalue weighted by Crippen LogP contribution is -2.43. The van der Waals surface area contributed by atoms with Crippen LogP contribution in [0.4, 0.5) is 5.69 Å². The molecule has 160 valence electrons. The second-order valence-corrected chi connectivity index (χ2v) is 9.39. The van der Waals surface area contributed by atoms with Gasteiger partial charge in [-0.3, -0.25) is 14.6 Å². The minimum absolute atomic E-state index is 0.0603. The molecule has 30 heavy (non-hydrogen) atoms. The molecule has 2 aromatic rings. The van der Waals surface area contributed by atoms with Crippen LogP contribution in [0.3, 0.4) is 0 Å². The van der Waals surface area contributed by atoms with Gasteiger partial charge in [-0.25, -0.2) is 0 Å². The van der Waals surface area contributed by atoms with Gasteiger partial charge in [-0.2, -0.15) is 0 Å². The molecular weight excluding hydrogens is 401 g/mol. The number of nitrogens with zero attached hydrogens (tertiary/aromatic N) is 2. The number of anilines is 1. The molecular formula is C21H28BN3O4S. The lowest BCUT2D eigenvalue weighted by Gasteiger charge is -2.35. The Morgan fingerprint density at radius 3 is 2.67 bits per heavy atom. The molecule has 0 bridgehead atoms. The number of aromatic amines is 1. The predicted octanol–water partition coefficient (Wildman–Crippen LogP) is 2.22.